The summed E-state index contributed by atoms with van der Waals surface area (Å²) in [6.45, 7) is 2.53. The molecule has 3 aromatic rings. The highest BCUT2D eigenvalue weighted by molar-refractivity contribution is 6.06. The Morgan fingerprint density at radius 3 is 2.57 bits per heavy atom. The molecule has 1 heterocycles. The first-order valence-corrected chi connectivity index (χ1v) is 10.1. The Morgan fingerprint density at radius 1 is 1.04 bits per heavy atom. The minimum absolute atomic E-state index is 0.0766. The molecule has 1 aromatic heterocycles. The Labute approximate surface area is 165 Å². The lowest BCUT2D eigenvalue weighted by molar-refractivity contribution is -0.122. The Hall–Kier alpha value is -2.88. The quantitative estimate of drug-likeness (QED) is 0.644. The van der Waals surface area contributed by atoms with Gasteiger partial charge in [-0.1, -0.05) is 49.6 Å². The van der Waals surface area contributed by atoms with Crippen molar-refractivity contribution >= 4 is 22.5 Å². The third-order valence-electron chi connectivity index (χ3n) is 5.75. The van der Waals surface area contributed by atoms with E-state index in [1.165, 1.54) is 6.42 Å². The molecule has 4 heteroatoms. The van der Waals surface area contributed by atoms with Gasteiger partial charge in [0.05, 0.1) is 17.7 Å². The van der Waals surface area contributed by atoms with E-state index in [9.17, 15) is 4.79 Å². The van der Waals surface area contributed by atoms with Crippen molar-refractivity contribution in [2.75, 3.05) is 11.9 Å². The molecule has 4 rings (SSSR count). The van der Waals surface area contributed by atoms with E-state index in [0.717, 1.165) is 53.6 Å². The Morgan fingerprint density at radius 2 is 1.82 bits per heavy atom. The van der Waals surface area contributed by atoms with Gasteiger partial charge in [0.25, 0.3) is 0 Å². The summed E-state index contributed by atoms with van der Waals surface area (Å²) in [5.41, 5.74) is 2.21. The predicted octanol–water partition coefficient (Wildman–Crippen LogP) is 5.47. The summed E-state index contributed by atoms with van der Waals surface area (Å²) in [7, 11) is 0. The standard InChI is InChI=1S/C24H26N2O2/c1-2-28-21-14-13-20(19-12-9-17-25-22(19)21)26-23(27)24(15-7-4-8-16-24)18-10-5-3-6-11-18/h3,5-6,9-14,17H,2,4,7-8,15-16H2,1H3,(H,26,27). The normalized spacial score (nSPS) is 15.9. The first-order chi connectivity index (χ1) is 13.7. The highest BCUT2D eigenvalue weighted by Crippen LogP contribution is 2.41. The van der Waals surface area contributed by atoms with Crippen LogP contribution < -0.4 is 10.1 Å². The van der Waals surface area contributed by atoms with Crippen molar-refractivity contribution in [2.24, 2.45) is 0 Å². The molecule has 2 aromatic carbocycles. The number of hydrogen-bond donors (Lipinski definition) is 1. The van der Waals surface area contributed by atoms with E-state index < -0.39 is 5.41 Å². The number of anilines is 1. The molecule has 0 saturated heterocycles. The van der Waals surface area contributed by atoms with Crippen molar-refractivity contribution in [3.63, 3.8) is 0 Å². The molecule has 1 saturated carbocycles. The molecule has 4 nitrogen and oxygen atoms in total. The van der Waals surface area contributed by atoms with E-state index >= 15 is 0 Å². The van der Waals surface area contributed by atoms with Crippen molar-refractivity contribution < 1.29 is 9.53 Å². The zero-order chi connectivity index (χ0) is 19.4. The van der Waals surface area contributed by atoms with Gasteiger partial charge in [-0.25, -0.2) is 0 Å². The second kappa shape index (κ2) is 8.01. The topological polar surface area (TPSA) is 51.2 Å². The number of fused-ring (bicyclic) bond motifs is 1. The molecule has 1 aliphatic carbocycles. The maximum Gasteiger partial charge on any atom is 0.235 e. The fourth-order valence-corrected chi connectivity index (χ4v) is 4.33. The van der Waals surface area contributed by atoms with Gasteiger partial charge in [0, 0.05) is 11.6 Å². The molecule has 1 fully saturated rings. The number of nitrogens with one attached hydrogen (secondary N) is 1. The molecule has 0 bridgehead atoms. The minimum atomic E-state index is -0.466. The number of aromatic nitrogens is 1. The summed E-state index contributed by atoms with van der Waals surface area (Å²) in [5, 5.41) is 4.13. The average Bonchev–Trinajstić information content (AvgIpc) is 2.76. The molecule has 0 radical (unpaired) electrons. The van der Waals surface area contributed by atoms with E-state index in [1.54, 1.807) is 6.20 Å². The zero-order valence-electron chi connectivity index (χ0n) is 16.3. The van der Waals surface area contributed by atoms with Gasteiger partial charge in [0.1, 0.15) is 11.3 Å². The lowest BCUT2D eigenvalue weighted by atomic mass is 9.68. The number of rotatable bonds is 5. The summed E-state index contributed by atoms with van der Waals surface area (Å²) in [5.74, 6) is 0.819. The van der Waals surface area contributed by atoms with Crippen LogP contribution in [-0.4, -0.2) is 17.5 Å². The van der Waals surface area contributed by atoms with Gasteiger partial charge in [-0.3, -0.25) is 9.78 Å². The van der Waals surface area contributed by atoms with Crippen LogP contribution in [0.3, 0.4) is 0 Å². The zero-order valence-corrected chi connectivity index (χ0v) is 16.3. The summed E-state index contributed by atoms with van der Waals surface area (Å²) in [6, 6.07) is 17.9. The van der Waals surface area contributed by atoms with Crippen molar-refractivity contribution in [1.82, 2.24) is 4.98 Å². The van der Waals surface area contributed by atoms with Crippen LogP contribution in [0.2, 0.25) is 0 Å². The molecule has 0 atom stereocenters. The Bertz CT molecular complexity index is 963. The highest BCUT2D eigenvalue weighted by Gasteiger charge is 2.41. The van der Waals surface area contributed by atoms with Gasteiger partial charge < -0.3 is 10.1 Å². The first-order valence-electron chi connectivity index (χ1n) is 10.1. The van der Waals surface area contributed by atoms with Gasteiger partial charge in [-0.2, -0.15) is 0 Å². The summed E-state index contributed by atoms with van der Waals surface area (Å²) in [4.78, 5) is 18.1. The molecule has 0 spiro atoms. The number of carbonyl (C=O) groups excluding carboxylic acids is 1. The molecule has 0 unspecified atom stereocenters. The van der Waals surface area contributed by atoms with E-state index in [2.05, 4.69) is 22.4 Å². The number of nitrogens with zero attached hydrogens (tertiary/aromatic N) is 1. The van der Waals surface area contributed by atoms with E-state index in [-0.39, 0.29) is 5.91 Å². The smallest absolute Gasteiger partial charge is 0.235 e. The van der Waals surface area contributed by atoms with Crippen molar-refractivity contribution in [1.29, 1.82) is 0 Å². The van der Waals surface area contributed by atoms with Crippen LogP contribution in [0.25, 0.3) is 10.9 Å². The van der Waals surface area contributed by atoms with E-state index in [4.69, 9.17) is 4.74 Å². The number of carbonyl (C=O) groups is 1. The monoisotopic (exact) mass is 374 g/mol. The number of pyridine rings is 1. The number of amides is 1. The molecular weight excluding hydrogens is 348 g/mol. The summed E-state index contributed by atoms with van der Waals surface area (Å²) < 4.78 is 5.71. The van der Waals surface area contributed by atoms with Crippen LogP contribution >= 0.6 is 0 Å². The molecule has 1 N–H and O–H groups in total. The molecule has 0 aliphatic heterocycles. The van der Waals surface area contributed by atoms with E-state index in [0.29, 0.717) is 6.61 Å². The maximum absolute atomic E-state index is 13.6. The fourth-order valence-electron chi connectivity index (χ4n) is 4.33. The SMILES string of the molecule is CCOc1ccc(NC(=O)C2(c3ccccc3)CCCCC2)c2cccnc12. The van der Waals surface area contributed by atoms with Crippen LogP contribution in [-0.2, 0) is 10.2 Å². The van der Waals surface area contributed by atoms with Crippen molar-refractivity contribution in [3.8, 4) is 5.75 Å². The molecular formula is C24H26N2O2. The fraction of sp³-hybridized carbons (Fsp3) is 0.333. The number of ether oxygens (including phenoxy) is 1. The van der Waals surface area contributed by atoms with Crippen LogP contribution in [0.4, 0.5) is 5.69 Å². The van der Waals surface area contributed by atoms with Crippen LogP contribution in [0.5, 0.6) is 5.75 Å². The summed E-state index contributed by atoms with van der Waals surface area (Å²) >= 11 is 0. The van der Waals surface area contributed by atoms with Gasteiger partial charge in [-0.15, -0.1) is 0 Å². The largest absolute Gasteiger partial charge is 0.492 e. The molecule has 144 valence electrons. The van der Waals surface area contributed by atoms with Gasteiger partial charge in [-0.05, 0) is 49.6 Å². The Balaban J connectivity index is 1.72. The number of hydrogen-bond acceptors (Lipinski definition) is 3. The molecule has 28 heavy (non-hydrogen) atoms. The Kier molecular flexibility index (Phi) is 5.29. The average molecular weight is 374 g/mol. The van der Waals surface area contributed by atoms with Gasteiger partial charge in [0.15, 0.2) is 0 Å². The first kappa shape index (κ1) is 18.5. The maximum atomic E-state index is 13.6. The van der Waals surface area contributed by atoms with Crippen molar-refractivity contribution in [2.45, 2.75) is 44.4 Å². The lowest BCUT2D eigenvalue weighted by Crippen LogP contribution is -2.42. The third kappa shape index (κ3) is 3.35. The van der Waals surface area contributed by atoms with Crippen LogP contribution in [0.15, 0.2) is 60.8 Å². The van der Waals surface area contributed by atoms with Crippen molar-refractivity contribution in [3.05, 3.63) is 66.4 Å². The highest BCUT2D eigenvalue weighted by atomic mass is 16.5. The lowest BCUT2D eigenvalue weighted by Gasteiger charge is -2.36. The predicted molar refractivity (Wildman–Crippen MR) is 113 cm³/mol. The minimum Gasteiger partial charge on any atom is -0.492 e. The second-order valence-corrected chi connectivity index (χ2v) is 7.41. The molecule has 1 amide bonds. The van der Waals surface area contributed by atoms with E-state index in [1.807, 2.05) is 49.4 Å². The number of benzene rings is 2. The summed E-state index contributed by atoms with van der Waals surface area (Å²) in [6.07, 6.45) is 6.87. The van der Waals surface area contributed by atoms with Gasteiger partial charge in [0.2, 0.25) is 5.91 Å². The van der Waals surface area contributed by atoms with Gasteiger partial charge >= 0.3 is 0 Å². The second-order valence-electron chi connectivity index (χ2n) is 7.41. The third-order valence-corrected chi connectivity index (χ3v) is 5.75. The molecule has 1 aliphatic rings. The van der Waals surface area contributed by atoms with Crippen LogP contribution in [0.1, 0.15) is 44.6 Å². The van der Waals surface area contributed by atoms with Crippen LogP contribution in [0, 0.1) is 0 Å².